The molecule has 0 aliphatic rings. The number of hydrogen-bond acceptors (Lipinski definition) is 2. The molecule has 0 saturated carbocycles. The maximum atomic E-state index is 12.8. The summed E-state index contributed by atoms with van der Waals surface area (Å²) in [7, 11) is 0. The van der Waals surface area contributed by atoms with Crippen LogP contribution in [-0.4, -0.2) is 11.7 Å². The van der Waals surface area contributed by atoms with Gasteiger partial charge in [0.1, 0.15) is 5.82 Å². The van der Waals surface area contributed by atoms with Gasteiger partial charge in [0.2, 0.25) is 5.91 Å². The van der Waals surface area contributed by atoms with Crippen molar-refractivity contribution in [1.82, 2.24) is 5.32 Å². The predicted molar refractivity (Wildman–Crippen MR) is 90.7 cm³/mol. The molecule has 0 saturated heterocycles. The van der Waals surface area contributed by atoms with E-state index in [2.05, 4.69) is 21.2 Å². The highest BCUT2D eigenvalue weighted by Crippen LogP contribution is 2.18. The number of benzene rings is 2. The lowest BCUT2D eigenvalue weighted by molar-refractivity contribution is -0.121. The zero-order valence-electron chi connectivity index (χ0n) is 12.7. The molecule has 0 unspecified atom stereocenters. The summed E-state index contributed by atoms with van der Waals surface area (Å²) in [5.74, 6) is -0.745. The lowest BCUT2D eigenvalue weighted by Gasteiger charge is -2.14. The van der Waals surface area contributed by atoms with Crippen LogP contribution in [-0.2, 0) is 4.79 Å². The highest BCUT2D eigenvalue weighted by molar-refractivity contribution is 9.10. The number of ketones is 1. The molecule has 0 aliphatic carbocycles. The third-order valence-corrected chi connectivity index (χ3v) is 3.96. The van der Waals surface area contributed by atoms with E-state index in [0.29, 0.717) is 5.56 Å². The molecule has 0 aliphatic heterocycles. The zero-order chi connectivity index (χ0) is 16.8. The topological polar surface area (TPSA) is 46.2 Å². The van der Waals surface area contributed by atoms with Gasteiger partial charge in [-0.15, -0.1) is 0 Å². The maximum absolute atomic E-state index is 12.8. The van der Waals surface area contributed by atoms with Gasteiger partial charge in [-0.3, -0.25) is 9.59 Å². The molecule has 0 spiro atoms. The van der Waals surface area contributed by atoms with Crippen LogP contribution in [0.4, 0.5) is 4.39 Å². The second kappa shape index (κ2) is 8.02. The Morgan fingerprint density at radius 2 is 1.83 bits per heavy atom. The van der Waals surface area contributed by atoms with E-state index in [1.54, 1.807) is 0 Å². The summed E-state index contributed by atoms with van der Waals surface area (Å²) in [5, 5.41) is 2.87. The quantitative estimate of drug-likeness (QED) is 0.756. The zero-order valence-corrected chi connectivity index (χ0v) is 14.3. The van der Waals surface area contributed by atoms with Gasteiger partial charge in [0.05, 0.1) is 6.04 Å². The maximum Gasteiger partial charge on any atom is 0.220 e. The Bertz CT molecular complexity index is 700. The lowest BCUT2D eigenvalue weighted by Crippen LogP contribution is -2.26. The van der Waals surface area contributed by atoms with Crippen molar-refractivity contribution < 1.29 is 14.0 Å². The summed E-state index contributed by atoms with van der Waals surface area (Å²) in [5.41, 5.74) is 1.40. The Morgan fingerprint density at radius 3 is 2.48 bits per heavy atom. The molecular weight excluding hydrogens is 361 g/mol. The summed E-state index contributed by atoms with van der Waals surface area (Å²) >= 11 is 3.39. The van der Waals surface area contributed by atoms with Crippen molar-refractivity contribution in [2.45, 2.75) is 25.8 Å². The van der Waals surface area contributed by atoms with Gasteiger partial charge < -0.3 is 5.32 Å². The first kappa shape index (κ1) is 17.3. The fourth-order valence-electron chi connectivity index (χ4n) is 2.18. The van der Waals surface area contributed by atoms with E-state index in [1.165, 1.54) is 24.3 Å². The van der Waals surface area contributed by atoms with Crippen LogP contribution in [0.3, 0.4) is 0 Å². The van der Waals surface area contributed by atoms with E-state index in [4.69, 9.17) is 0 Å². The van der Waals surface area contributed by atoms with Gasteiger partial charge in [0.25, 0.3) is 0 Å². The minimum Gasteiger partial charge on any atom is -0.350 e. The Labute approximate surface area is 143 Å². The number of amides is 1. The molecule has 1 atom stereocenters. The van der Waals surface area contributed by atoms with Gasteiger partial charge in [-0.1, -0.05) is 28.1 Å². The molecule has 0 aromatic heterocycles. The number of nitrogens with one attached hydrogen (secondary N) is 1. The molecule has 5 heteroatoms. The van der Waals surface area contributed by atoms with Crippen molar-refractivity contribution in [2.24, 2.45) is 0 Å². The van der Waals surface area contributed by atoms with Crippen molar-refractivity contribution >= 4 is 27.6 Å². The lowest BCUT2D eigenvalue weighted by atomic mass is 10.1. The molecule has 2 aromatic carbocycles. The normalized spacial score (nSPS) is 11.8. The van der Waals surface area contributed by atoms with Crippen LogP contribution < -0.4 is 5.32 Å². The van der Waals surface area contributed by atoms with Crippen LogP contribution in [0, 0.1) is 5.82 Å². The average Bonchev–Trinajstić information content (AvgIpc) is 2.53. The summed E-state index contributed by atoms with van der Waals surface area (Å²) in [6.07, 6.45) is 0.206. The van der Waals surface area contributed by atoms with E-state index in [9.17, 15) is 14.0 Å². The van der Waals surface area contributed by atoms with Crippen molar-refractivity contribution in [3.05, 3.63) is 69.9 Å². The van der Waals surface area contributed by atoms with Crippen LogP contribution in [0.5, 0.6) is 0 Å². The fraction of sp³-hybridized carbons (Fsp3) is 0.222. The molecule has 0 bridgehead atoms. The summed E-state index contributed by atoms with van der Waals surface area (Å²) in [4.78, 5) is 23.9. The van der Waals surface area contributed by atoms with Crippen molar-refractivity contribution in [3.8, 4) is 0 Å². The molecule has 23 heavy (non-hydrogen) atoms. The molecule has 0 fully saturated rings. The molecule has 3 nitrogen and oxygen atoms in total. The van der Waals surface area contributed by atoms with Crippen molar-refractivity contribution in [1.29, 1.82) is 0 Å². The van der Waals surface area contributed by atoms with Gasteiger partial charge >= 0.3 is 0 Å². The minimum atomic E-state index is -0.387. The SMILES string of the molecule is C[C@H](NC(=O)CCC(=O)c1ccc(F)cc1)c1cccc(Br)c1. The van der Waals surface area contributed by atoms with E-state index in [0.717, 1.165) is 10.0 Å². The molecule has 0 heterocycles. The van der Waals surface area contributed by atoms with E-state index in [-0.39, 0.29) is 36.4 Å². The molecular formula is C18H17BrFNO2. The Hall–Kier alpha value is -2.01. The Kier molecular flexibility index (Phi) is 6.04. The van der Waals surface area contributed by atoms with E-state index < -0.39 is 0 Å². The molecule has 2 aromatic rings. The molecule has 120 valence electrons. The first-order valence-corrected chi connectivity index (χ1v) is 8.08. The largest absolute Gasteiger partial charge is 0.350 e. The van der Waals surface area contributed by atoms with Gasteiger partial charge in [0.15, 0.2) is 5.78 Å². The number of carbonyl (C=O) groups is 2. The molecule has 2 rings (SSSR count). The van der Waals surface area contributed by atoms with Crippen molar-refractivity contribution in [3.63, 3.8) is 0 Å². The number of halogens is 2. The monoisotopic (exact) mass is 377 g/mol. The second-order valence-corrected chi connectivity index (χ2v) is 6.19. The Morgan fingerprint density at radius 1 is 1.13 bits per heavy atom. The van der Waals surface area contributed by atoms with Crippen LogP contribution in [0.25, 0.3) is 0 Å². The van der Waals surface area contributed by atoms with Crippen LogP contribution >= 0.6 is 15.9 Å². The number of carbonyl (C=O) groups excluding carboxylic acids is 2. The highest BCUT2D eigenvalue weighted by atomic mass is 79.9. The molecule has 1 amide bonds. The van der Waals surface area contributed by atoms with E-state index in [1.807, 2.05) is 31.2 Å². The van der Waals surface area contributed by atoms with Gasteiger partial charge in [-0.25, -0.2) is 4.39 Å². The number of hydrogen-bond donors (Lipinski definition) is 1. The van der Waals surface area contributed by atoms with Gasteiger partial charge in [-0.05, 0) is 48.9 Å². The Balaban J connectivity index is 1.85. The van der Waals surface area contributed by atoms with Crippen LogP contribution in [0.2, 0.25) is 0 Å². The minimum absolute atomic E-state index is 0.0999. The summed E-state index contributed by atoms with van der Waals surface area (Å²) in [6, 6.07) is 12.9. The standard InChI is InChI=1S/C18H17BrFNO2/c1-12(14-3-2-4-15(19)11-14)21-18(23)10-9-17(22)13-5-7-16(20)8-6-13/h2-8,11-12H,9-10H2,1H3,(H,21,23)/t12-/m0/s1. The third kappa shape index (κ3) is 5.28. The molecule has 0 radical (unpaired) electrons. The van der Waals surface area contributed by atoms with Crippen LogP contribution in [0.1, 0.15) is 41.7 Å². The summed E-state index contributed by atoms with van der Waals surface area (Å²) < 4.78 is 13.8. The second-order valence-electron chi connectivity index (χ2n) is 5.27. The first-order chi connectivity index (χ1) is 11.0. The van der Waals surface area contributed by atoms with Crippen molar-refractivity contribution in [2.75, 3.05) is 0 Å². The predicted octanol–water partition coefficient (Wildman–Crippen LogP) is 4.43. The average molecular weight is 378 g/mol. The number of Topliss-reactive ketones (excluding diaryl/α,β-unsaturated/α-hetero) is 1. The first-order valence-electron chi connectivity index (χ1n) is 7.29. The van der Waals surface area contributed by atoms with Gasteiger partial charge in [-0.2, -0.15) is 0 Å². The van der Waals surface area contributed by atoms with Crippen LogP contribution in [0.15, 0.2) is 53.0 Å². The smallest absolute Gasteiger partial charge is 0.220 e. The van der Waals surface area contributed by atoms with Gasteiger partial charge in [0, 0.05) is 22.9 Å². The third-order valence-electron chi connectivity index (χ3n) is 3.47. The molecule has 1 N–H and O–H groups in total. The highest BCUT2D eigenvalue weighted by Gasteiger charge is 2.12. The fourth-order valence-corrected chi connectivity index (χ4v) is 2.60. The van der Waals surface area contributed by atoms with E-state index >= 15 is 0 Å². The summed E-state index contributed by atoms with van der Waals surface area (Å²) in [6.45, 7) is 1.89. The number of rotatable bonds is 6.